The summed E-state index contributed by atoms with van der Waals surface area (Å²) in [5, 5.41) is 0. The van der Waals surface area contributed by atoms with Crippen molar-refractivity contribution in [3.63, 3.8) is 0 Å². The average Bonchev–Trinajstić information content (AvgIpc) is 3.83. The second-order valence-corrected chi connectivity index (χ2v) is 16.2. The molecule has 1 amide bonds. The van der Waals surface area contributed by atoms with E-state index in [0.29, 0.717) is 35.9 Å². The van der Waals surface area contributed by atoms with E-state index in [1.165, 1.54) is 30.6 Å². The summed E-state index contributed by atoms with van der Waals surface area (Å²) in [4.78, 5) is 24.7. The number of benzene rings is 2. The number of hydrogen-bond acceptors (Lipinski definition) is 5. The smallest absolute Gasteiger partial charge is 0.224 e. The molecule has 238 valence electrons. The minimum absolute atomic E-state index is 0.0504. The Hall–Kier alpha value is -2.93. The molecule has 9 aliphatic rings. The first kappa shape index (κ1) is 27.1. The molecule has 46 heavy (non-hydrogen) atoms. The third kappa shape index (κ3) is 2.85. The van der Waals surface area contributed by atoms with E-state index in [4.69, 9.17) is 4.74 Å². The number of ether oxygens (including phenoxy) is 1. The second kappa shape index (κ2) is 8.94. The van der Waals surface area contributed by atoms with Gasteiger partial charge < -0.3 is 14.5 Å². The van der Waals surface area contributed by atoms with Crippen LogP contribution < -0.4 is 9.80 Å². The van der Waals surface area contributed by atoms with Crippen LogP contribution in [0.25, 0.3) is 0 Å². The van der Waals surface area contributed by atoms with Crippen molar-refractivity contribution in [1.82, 2.24) is 9.80 Å². The highest BCUT2D eigenvalue weighted by molar-refractivity contribution is 5.96. The van der Waals surface area contributed by atoms with E-state index in [-0.39, 0.29) is 34.9 Å². The normalized spacial score (nSPS) is 46.0. The summed E-state index contributed by atoms with van der Waals surface area (Å²) in [6.07, 6.45) is 9.58. The fourth-order valence-corrected chi connectivity index (χ4v) is 13.9. The minimum Gasteiger partial charge on any atom is -0.358 e. The van der Waals surface area contributed by atoms with Crippen molar-refractivity contribution in [3.05, 3.63) is 83.0 Å². The summed E-state index contributed by atoms with van der Waals surface area (Å²) in [7, 11) is 0. The lowest BCUT2D eigenvalue weighted by Gasteiger charge is -2.63. The lowest BCUT2D eigenvalue weighted by molar-refractivity contribution is -0.129. The standard InChI is InChI=1S/C40H46N4O2/c1-4-24-20-41-16-14-39-30-11-7-9-13-32(30)44-36(39)28(26(24)18-33(39)41)22-46-38(44)35-27-19-34-40(15-17-42(34)21-25(27)5-2)29-10-6-8-12-31(29)43(23(3)45)37(35)40/h4-13,26-28,33-38H,14-22H2,1-3H3/b24-4-,25-5-/t26-,27-,28-,33-,34-,35-,36-,37-,38+,39?,40?/m0/s1. The van der Waals surface area contributed by atoms with Crippen LogP contribution in [0.3, 0.4) is 0 Å². The van der Waals surface area contributed by atoms with Crippen LogP contribution in [0.2, 0.25) is 0 Å². The number of rotatable bonds is 1. The van der Waals surface area contributed by atoms with Gasteiger partial charge in [0.05, 0.1) is 12.6 Å². The number of anilines is 2. The number of carbonyl (C=O) groups excluding carboxylic acids is 1. The largest absolute Gasteiger partial charge is 0.358 e. The van der Waals surface area contributed by atoms with Crippen LogP contribution in [0.1, 0.15) is 57.6 Å². The molecule has 11 rings (SSSR count). The number of carbonyl (C=O) groups is 1. The van der Waals surface area contributed by atoms with Gasteiger partial charge in [-0.25, -0.2) is 0 Å². The van der Waals surface area contributed by atoms with Gasteiger partial charge in [-0.2, -0.15) is 0 Å². The molecule has 7 heterocycles. The first-order valence-electron chi connectivity index (χ1n) is 18.2. The molecule has 2 aromatic carbocycles. The molecule has 0 radical (unpaired) electrons. The summed E-state index contributed by atoms with van der Waals surface area (Å²) in [5.41, 5.74) is 8.89. The van der Waals surface area contributed by atoms with Gasteiger partial charge >= 0.3 is 0 Å². The Bertz CT molecular complexity index is 1750. The molecule has 2 saturated carbocycles. The van der Waals surface area contributed by atoms with Gasteiger partial charge in [0.15, 0.2) is 0 Å². The van der Waals surface area contributed by atoms with Crippen molar-refractivity contribution < 1.29 is 9.53 Å². The molecule has 2 spiro atoms. The SMILES string of the molecule is C/C=C1/CN2CCC34c5ccccc5N5[C@@H]([C@@H]6[C@@H]7N(C(C)=O)c8ccccc8C78CCN7C/C(=C/C)[C@@H]6C[C@H]78)OC[C@H]([C@H]53)[C@H]1C[C@H]24. The van der Waals surface area contributed by atoms with E-state index in [9.17, 15) is 4.79 Å². The van der Waals surface area contributed by atoms with E-state index in [0.717, 1.165) is 44.8 Å². The van der Waals surface area contributed by atoms with Crippen molar-refractivity contribution in [3.8, 4) is 0 Å². The Balaban J connectivity index is 1.14. The summed E-state index contributed by atoms with van der Waals surface area (Å²) in [6.45, 7) is 11.6. The molecule has 5 saturated heterocycles. The topological polar surface area (TPSA) is 39.3 Å². The average molecular weight is 615 g/mol. The third-order valence-electron chi connectivity index (χ3n) is 15.3. The van der Waals surface area contributed by atoms with Gasteiger partial charge in [-0.15, -0.1) is 0 Å². The van der Waals surface area contributed by atoms with Gasteiger partial charge in [0.1, 0.15) is 6.23 Å². The summed E-state index contributed by atoms with van der Waals surface area (Å²) in [5.74, 6) is 1.87. The zero-order valence-electron chi connectivity index (χ0n) is 27.4. The zero-order chi connectivity index (χ0) is 30.7. The molecular weight excluding hydrogens is 568 g/mol. The molecule has 0 aromatic heterocycles. The van der Waals surface area contributed by atoms with E-state index in [1.807, 2.05) is 6.92 Å². The van der Waals surface area contributed by atoms with Crippen LogP contribution in [0, 0.1) is 23.7 Å². The Morgan fingerprint density at radius 1 is 0.804 bits per heavy atom. The van der Waals surface area contributed by atoms with Gasteiger partial charge in [0.2, 0.25) is 5.91 Å². The lowest BCUT2D eigenvalue weighted by Crippen LogP contribution is -2.73. The molecule has 6 heteroatoms. The molecule has 2 aromatic rings. The third-order valence-corrected chi connectivity index (χ3v) is 15.3. The first-order chi connectivity index (χ1) is 22.5. The van der Waals surface area contributed by atoms with Crippen molar-refractivity contribution in [2.24, 2.45) is 23.7 Å². The molecule has 2 unspecified atom stereocenters. The van der Waals surface area contributed by atoms with Crippen LogP contribution in [0.15, 0.2) is 71.8 Å². The maximum atomic E-state index is 14.0. The van der Waals surface area contributed by atoms with Gasteiger partial charge in [-0.1, -0.05) is 59.7 Å². The number of amides is 1. The highest BCUT2D eigenvalue weighted by Crippen LogP contribution is 2.68. The van der Waals surface area contributed by atoms with E-state index in [1.54, 1.807) is 16.7 Å². The highest BCUT2D eigenvalue weighted by atomic mass is 16.5. The predicted octanol–water partition coefficient (Wildman–Crippen LogP) is 5.48. The van der Waals surface area contributed by atoms with Crippen LogP contribution in [0.4, 0.5) is 11.4 Å². The Kier molecular flexibility index (Phi) is 5.26. The number of nitrogens with zero attached hydrogens (tertiary/aromatic N) is 4. The molecule has 7 aliphatic heterocycles. The lowest BCUT2D eigenvalue weighted by atomic mass is 9.53. The van der Waals surface area contributed by atoms with Crippen LogP contribution in [0.5, 0.6) is 0 Å². The predicted molar refractivity (Wildman–Crippen MR) is 180 cm³/mol. The second-order valence-electron chi connectivity index (χ2n) is 16.2. The molecular formula is C40H46N4O2. The molecule has 4 bridgehead atoms. The highest BCUT2D eigenvalue weighted by Gasteiger charge is 2.73. The fourth-order valence-electron chi connectivity index (χ4n) is 13.9. The number of piperidine rings is 2. The van der Waals surface area contributed by atoms with Crippen molar-refractivity contribution in [2.75, 3.05) is 42.6 Å². The summed E-state index contributed by atoms with van der Waals surface area (Å²) in [6, 6.07) is 20.0. The zero-order valence-corrected chi connectivity index (χ0v) is 27.4. The summed E-state index contributed by atoms with van der Waals surface area (Å²) >= 11 is 0. The van der Waals surface area contributed by atoms with Crippen molar-refractivity contribution in [2.45, 2.75) is 87.7 Å². The van der Waals surface area contributed by atoms with E-state index in [2.05, 4.69) is 94.1 Å². The van der Waals surface area contributed by atoms with E-state index < -0.39 is 0 Å². The van der Waals surface area contributed by atoms with Crippen LogP contribution >= 0.6 is 0 Å². The Morgan fingerprint density at radius 2 is 1.39 bits per heavy atom. The Morgan fingerprint density at radius 3 is 2.07 bits per heavy atom. The van der Waals surface area contributed by atoms with Gasteiger partial charge in [0.25, 0.3) is 0 Å². The molecule has 0 N–H and O–H groups in total. The Labute approximate surface area is 273 Å². The molecule has 2 aliphatic carbocycles. The summed E-state index contributed by atoms with van der Waals surface area (Å²) < 4.78 is 7.49. The maximum absolute atomic E-state index is 14.0. The van der Waals surface area contributed by atoms with Gasteiger partial charge in [0, 0.05) is 72.2 Å². The molecule has 11 atom stereocenters. The van der Waals surface area contributed by atoms with Gasteiger partial charge in [-0.3, -0.25) is 14.6 Å². The first-order valence-corrected chi connectivity index (χ1v) is 18.2. The molecule has 6 nitrogen and oxygen atoms in total. The van der Waals surface area contributed by atoms with Crippen LogP contribution in [-0.2, 0) is 20.4 Å². The quantitative estimate of drug-likeness (QED) is 0.398. The fraction of sp³-hybridized carbons (Fsp3) is 0.575. The monoisotopic (exact) mass is 614 g/mol. The van der Waals surface area contributed by atoms with Crippen LogP contribution in [-0.4, -0.2) is 78.9 Å². The minimum atomic E-state index is -0.0604. The van der Waals surface area contributed by atoms with Crippen molar-refractivity contribution in [1.29, 1.82) is 0 Å². The maximum Gasteiger partial charge on any atom is 0.224 e. The number of para-hydroxylation sites is 2. The number of fused-ring (bicyclic) bond motifs is 6. The number of hydrogen-bond donors (Lipinski definition) is 0. The molecule has 7 fully saturated rings. The van der Waals surface area contributed by atoms with E-state index >= 15 is 0 Å². The number of allylic oxidation sites excluding steroid dienone is 2. The van der Waals surface area contributed by atoms with Gasteiger partial charge in [-0.05, 0) is 87.7 Å². The van der Waals surface area contributed by atoms with Crippen molar-refractivity contribution >= 4 is 17.3 Å².